The van der Waals surface area contributed by atoms with Crippen LogP contribution in [0, 0.1) is 12.3 Å². The van der Waals surface area contributed by atoms with Crippen LogP contribution < -0.4 is 0 Å². The first-order valence-corrected chi connectivity index (χ1v) is 9.20. The molecule has 0 atom stereocenters. The molecule has 0 spiro atoms. The molecule has 2 heterocycles. The van der Waals surface area contributed by atoms with Gasteiger partial charge in [-0.05, 0) is 31.5 Å². The molecule has 26 heavy (non-hydrogen) atoms. The lowest BCUT2D eigenvalue weighted by Gasteiger charge is -2.28. The molecule has 0 radical (unpaired) electrons. The Kier molecular flexibility index (Phi) is 4.78. The van der Waals surface area contributed by atoms with Crippen molar-refractivity contribution in [3.63, 3.8) is 0 Å². The minimum atomic E-state index is -0.388. The molecule has 1 fully saturated rings. The second kappa shape index (κ2) is 6.74. The maximum absolute atomic E-state index is 12.9. The summed E-state index contributed by atoms with van der Waals surface area (Å²) in [4.78, 5) is 33.7. The molecule has 6 nitrogen and oxygen atoms in total. The molecule has 1 aromatic heterocycles. The van der Waals surface area contributed by atoms with E-state index in [0.29, 0.717) is 31.7 Å². The van der Waals surface area contributed by atoms with Gasteiger partial charge in [-0.15, -0.1) is 0 Å². The zero-order valence-electron chi connectivity index (χ0n) is 16.4. The highest BCUT2D eigenvalue weighted by atomic mass is 16.2. The topological polar surface area (TPSA) is 58.4 Å². The number of aryl methyl sites for hydroxylation is 2. The predicted octanol–water partition coefficient (Wildman–Crippen LogP) is 2.60. The van der Waals surface area contributed by atoms with Gasteiger partial charge in [-0.3, -0.25) is 9.59 Å². The predicted molar refractivity (Wildman–Crippen MR) is 102 cm³/mol. The van der Waals surface area contributed by atoms with Gasteiger partial charge in [-0.2, -0.15) is 0 Å². The normalized spacial score (nSPS) is 16.0. The van der Waals surface area contributed by atoms with E-state index in [1.54, 1.807) is 0 Å². The summed E-state index contributed by atoms with van der Waals surface area (Å²) in [7, 11) is 1.97. The number of hydrogen-bond acceptors (Lipinski definition) is 3. The Hall–Kier alpha value is -2.37. The minimum absolute atomic E-state index is 0.0141. The van der Waals surface area contributed by atoms with Gasteiger partial charge >= 0.3 is 0 Å². The Morgan fingerprint density at radius 2 is 1.69 bits per heavy atom. The second-order valence-corrected chi connectivity index (χ2v) is 8.11. The molecular formula is C20H28N4O2. The van der Waals surface area contributed by atoms with Gasteiger partial charge in [0.25, 0.3) is 5.91 Å². The molecule has 2 amide bonds. The van der Waals surface area contributed by atoms with E-state index in [1.165, 1.54) is 0 Å². The van der Waals surface area contributed by atoms with E-state index in [0.717, 1.165) is 23.3 Å². The molecule has 0 aliphatic carbocycles. The van der Waals surface area contributed by atoms with Crippen molar-refractivity contribution in [1.29, 1.82) is 0 Å². The fourth-order valence-electron chi connectivity index (χ4n) is 3.43. The molecule has 1 saturated heterocycles. The number of rotatable bonds is 1. The Bertz CT molecular complexity index is 847. The number of benzene rings is 1. The molecule has 140 valence electrons. The average Bonchev–Trinajstić information content (AvgIpc) is 2.77. The van der Waals surface area contributed by atoms with Gasteiger partial charge in [-0.25, -0.2) is 4.98 Å². The SMILES string of the molecule is Cc1nc2cc(C(=O)N3CCCN(C(=O)C(C)(C)C)CC3)ccc2n1C. The van der Waals surface area contributed by atoms with E-state index in [1.807, 2.05) is 67.3 Å². The second-order valence-electron chi connectivity index (χ2n) is 8.11. The summed E-state index contributed by atoms with van der Waals surface area (Å²) in [5.74, 6) is 1.09. The molecule has 1 aliphatic heterocycles. The number of carbonyl (C=O) groups excluding carboxylic acids is 2. The molecule has 6 heteroatoms. The highest BCUT2D eigenvalue weighted by Gasteiger charge is 2.29. The summed E-state index contributed by atoms with van der Waals surface area (Å²) >= 11 is 0. The first-order chi connectivity index (χ1) is 12.2. The standard InChI is InChI=1S/C20H28N4O2/c1-14-21-16-13-15(7-8-17(16)22(14)5)18(25)23-9-6-10-24(12-11-23)19(26)20(2,3)4/h7-8,13H,6,9-12H2,1-5H3. The van der Waals surface area contributed by atoms with Gasteiger partial charge in [0.05, 0.1) is 11.0 Å². The largest absolute Gasteiger partial charge is 0.340 e. The van der Waals surface area contributed by atoms with Crippen LogP contribution in [0.5, 0.6) is 0 Å². The van der Waals surface area contributed by atoms with Crippen LogP contribution in [-0.4, -0.2) is 57.3 Å². The fourth-order valence-corrected chi connectivity index (χ4v) is 3.43. The third-order valence-corrected chi connectivity index (χ3v) is 5.06. The maximum Gasteiger partial charge on any atom is 0.253 e. The van der Waals surface area contributed by atoms with Crippen molar-refractivity contribution >= 4 is 22.8 Å². The monoisotopic (exact) mass is 356 g/mol. The lowest BCUT2D eigenvalue weighted by molar-refractivity contribution is -0.139. The average molecular weight is 356 g/mol. The van der Waals surface area contributed by atoms with E-state index in [-0.39, 0.29) is 17.2 Å². The van der Waals surface area contributed by atoms with Crippen LogP contribution in [0.2, 0.25) is 0 Å². The van der Waals surface area contributed by atoms with Gasteiger partial charge in [-0.1, -0.05) is 20.8 Å². The van der Waals surface area contributed by atoms with E-state index < -0.39 is 0 Å². The van der Waals surface area contributed by atoms with Crippen molar-refractivity contribution in [3.8, 4) is 0 Å². The molecule has 0 bridgehead atoms. The Morgan fingerprint density at radius 3 is 2.38 bits per heavy atom. The fraction of sp³-hybridized carbons (Fsp3) is 0.550. The maximum atomic E-state index is 12.9. The molecule has 0 saturated carbocycles. The lowest BCUT2D eigenvalue weighted by Crippen LogP contribution is -2.42. The van der Waals surface area contributed by atoms with Crippen LogP contribution in [-0.2, 0) is 11.8 Å². The Labute approximate surface area is 154 Å². The van der Waals surface area contributed by atoms with Crippen molar-refractivity contribution < 1.29 is 9.59 Å². The van der Waals surface area contributed by atoms with Crippen LogP contribution in [0.4, 0.5) is 0 Å². The van der Waals surface area contributed by atoms with Crippen LogP contribution in [0.1, 0.15) is 43.4 Å². The highest BCUT2D eigenvalue weighted by Crippen LogP contribution is 2.21. The number of imidazole rings is 1. The summed E-state index contributed by atoms with van der Waals surface area (Å²) in [6.45, 7) is 10.3. The lowest BCUT2D eigenvalue weighted by atomic mass is 9.94. The van der Waals surface area contributed by atoms with Gasteiger partial charge in [0.15, 0.2) is 0 Å². The first-order valence-electron chi connectivity index (χ1n) is 9.20. The molecule has 0 N–H and O–H groups in total. The molecular weight excluding hydrogens is 328 g/mol. The zero-order chi connectivity index (χ0) is 19.1. The van der Waals surface area contributed by atoms with E-state index in [2.05, 4.69) is 4.98 Å². The number of aromatic nitrogens is 2. The smallest absolute Gasteiger partial charge is 0.253 e. The molecule has 0 unspecified atom stereocenters. The van der Waals surface area contributed by atoms with Gasteiger partial charge in [0, 0.05) is 44.2 Å². The van der Waals surface area contributed by atoms with Crippen molar-refractivity contribution in [3.05, 3.63) is 29.6 Å². The zero-order valence-corrected chi connectivity index (χ0v) is 16.4. The summed E-state index contributed by atoms with van der Waals surface area (Å²) in [5.41, 5.74) is 2.14. The Morgan fingerprint density at radius 1 is 1.04 bits per heavy atom. The van der Waals surface area contributed by atoms with Crippen molar-refractivity contribution in [1.82, 2.24) is 19.4 Å². The van der Waals surface area contributed by atoms with Crippen LogP contribution in [0.25, 0.3) is 11.0 Å². The van der Waals surface area contributed by atoms with Gasteiger partial charge < -0.3 is 14.4 Å². The van der Waals surface area contributed by atoms with Crippen LogP contribution in [0.15, 0.2) is 18.2 Å². The van der Waals surface area contributed by atoms with Crippen molar-refractivity contribution in [2.24, 2.45) is 12.5 Å². The van der Waals surface area contributed by atoms with E-state index in [9.17, 15) is 9.59 Å². The van der Waals surface area contributed by atoms with E-state index >= 15 is 0 Å². The minimum Gasteiger partial charge on any atom is -0.340 e. The third kappa shape index (κ3) is 3.45. The highest BCUT2D eigenvalue weighted by molar-refractivity contribution is 5.97. The van der Waals surface area contributed by atoms with Crippen LogP contribution >= 0.6 is 0 Å². The van der Waals surface area contributed by atoms with Gasteiger partial charge in [0.2, 0.25) is 5.91 Å². The molecule has 1 aliphatic rings. The van der Waals surface area contributed by atoms with Gasteiger partial charge in [0.1, 0.15) is 5.82 Å². The number of nitrogens with zero attached hydrogens (tertiary/aromatic N) is 4. The van der Waals surface area contributed by atoms with Crippen molar-refractivity contribution in [2.75, 3.05) is 26.2 Å². The summed E-state index contributed by atoms with van der Waals surface area (Å²) in [5, 5.41) is 0. The summed E-state index contributed by atoms with van der Waals surface area (Å²) < 4.78 is 2.02. The van der Waals surface area contributed by atoms with E-state index in [4.69, 9.17) is 0 Å². The summed E-state index contributed by atoms with van der Waals surface area (Å²) in [6, 6.07) is 5.69. The number of hydrogen-bond donors (Lipinski definition) is 0. The summed E-state index contributed by atoms with van der Waals surface area (Å²) in [6.07, 6.45) is 0.804. The number of fused-ring (bicyclic) bond motifs is 1. The quantitative estimate of drug-likeness (QED) is 0.789. The molecule has 2 aromatic rings. The van der Waals surface area contributed by atoms with Crippen molar-refractivity contribution in [2.45, 2.75) is 34.1 Å². The Balaban J connectivity index is 1.75. The number of carbonyl (C=O) groups is 2. The van der Waals surface area contributed by atoms with Crippen LogP contribution in [0.3, 0.4) is 0 Å². The molecule has 3 rings (SSSR count). The molecule has 1 aromatic carbocycles. The number of amides is 2. The first kappa shape index (κ1) is 18.4. The third-order valence-electron chi connectivity index (χ3n) is 5.06.